The summed E-state index contributed by atoms with van der Waals surface area (Å²) in [4.78, 5) is 43.5. The van der Waals surface area contributed by atoms with Gasteiger partial charge in [0.15, 0.2) is 0 Å². The Morgan fingerprint density at radius 1 is 0.905 bits per heavy atom. The number of amides is 3. The van der Waals surface area contributed by atoms with Crippen LogP contribution in [0.4, 0.5) is 10.5 Å². The molecule has 0 aliphatic heterocycles. The summed E-state index contributed by atoms with van der Waals surface area (Å²) >= 11 is 1.60. The van der Waals surface area contributed by atoms with Gasteiger partial charge in [0.25, 0.3) is 5.91 Å². The second-order valence-corrected chi connectivity index (χ2v) is 13.6. The fraction of sp³-hybridized carbons (Fsp3) is 0.559. The maximum atomic E-state index is 14.6. The molecule has 232 valence electrons. The summed E-state index contributed by atoms with van der Waals surface area (Å²) in [7, 11) is 0. The molecule has 42 heavy (non-hydrogen) atoms. The highest BCUT2D eigenvalue weighted by Crippen LogP contribution is 2.31. The maximum Gasteiger partial charge on any atom is 0.408 e. The molecule has 3 unspecified atom stereocenters. The molecule has 2 aromatic carbocycles. The molecule has 3 amide bonds. The van der Waals surface area contributed by atoms with Crippen LogP contribution < -0.4 is 10.6 Å². The highest BCUT2D eigenvalue weighted by molar-refractivity contribution is 7.98. The van der Waals surface area contributed by atoms with Crippen LogP contribution in [0.3, 0.4) is 0 Å². The Morgan fingerprint density at radius 3 is 2.14 bits per heavy atom. The zero-order valence-electron chi connectivity index (χ0n) is 27.2. The Balaban J connectivity index is 2.66. The molecule has 3 atom stereocenters. The number of rotatable bonds is 13. The Labute approximate surface area is 257 Å². The van der Waals surface area contributed by atoms with E-state index in [1.54, 1.807) is 37.4 Å². The van der Waals surface area contributed by atoms with Crippen molar-refractivity contribution in [2.75, 3.05) is 17.3 Å². The van der Waals surface area contributed by atoms with E-state index in [-0.39, 0.29) is 17.9 Å². The van der Waals surface area contributed by atoms with Crippen molar-refractivity contribution in [1.82, 2.24) is 10.2 Å². The summed E-state index contributed by atoms with van der Waals surface area (Å²) in [5, 5.41) is 5.94. The van der Waals surface area contributed by atoms with Crippen LogP contribution in [0.1, 0.15) is 89.1 Å². The van der Waals surface area contributed by atoms with Gasteiger partial charge in [-0.25, -0.2) is 4.79 Å². The number of aryl methyl sites for hydroxylation is 3. The number of benzene rings is 2. The lowest BCUT2D eigenvalue weighted by Gasteiger charge is -2.39. The van der Waals surface area contributed by atoms with Crippen LogP contribution in [-0.2, 0) is 14.3 Å². The molecule has 8 heteroatoms. The summed E-state index contributed by atoms with van der Waals surface area (Å²) in [6, 6.07) is 11.5. The summed E-state index contributed by atoms with van der Waals surface area (Å²) in [6.45, 7) is 17.6. The van der Waals surface area contributed by atoms with E-state index in [1.807, 2.05) is 76.4 Å². The molecule has 0 saturated heterocycles. The van der Waals surface area contributed by atoms with Crippen molar-refractivity contribution in [2.45, 2.75) is 105 Å². The standard InChI is InChI=1S/C34H51N3O4S/c1-22(2)15-17-26(6)37(32(39)29(19-20-42-10)36-33(40)41-34(7,8)9)30(27-18-16-23(3)25(5)21-27)31(38)35-28-14-12-11-13-24(28)4/h11-14,16,18,21-22,26,29-30H,15,17,19-20H2,1-10H3,(H,35,38)(H,36,40). The number of hydrogen-bond donors (Lipinski definition) is 2. The Kier molecular flexibility index (Phi) is 13.4. The van der Waals surface area contributed by atoms with Crippen LogP contribution in [0.2, 0.25) is 0 Å². The zero-order chi connectivity index (χ0) is 31.6. The predicted octanol–water partition coefficient (Wildman–Crippen LogP) is 7.59. The van der Waals surface area contributed by atoms with Crippen molar-refractivity contribution < 1.29 is 19.1 Å². The SMILES string of the molecule is CSCCC(NC(=O)OC(C)(C)C)C(=O)N(C(C)CCC(C)C)C(C(=O)Nc1ccccc1C)c1ccc(C)c(C)c1. The van der Waals surface area contributed by atoms with Gasteiger partial charge in [0.05, 0.1) is 0 Å². The minimum absolute atomic E-state index is 0.272. The minimum atomic E-state index is -0.907. The van der Waals surface area contributed by atoms with Crippen molar-refractivity contribution >= 4 is 35.4 Å². The number of carbonyl (C=O) groups is 3. The number of nitrogens with one attached hydrogen (secondary N) is 2. The molecule has 0 aliphatic carbocycles. The van der Waals surface area contributed by atoms with Gasteiger partial charge in [-0.05, 0) is 114 Å². The summed E-state index contributed by atoms with van der Waals surface area (Å²) in [5.74, 6) is 0.495. The molecule has 7 nitrogen and oxygen atoms in total. The monoisotopic (exact) mass is 597 g/mol. The Bertz CT molecular complexity index is 1210. The number of ether oxygens (including phenoxy) is 1. The highest BCUT2D eigenvalue weighted by Gasteiger charge is 2.39. The third-order valence-electron chi connectivity index (χ3n) is 7.27. The molecule has 0 bridgehead atoms. The predicted molar refractivity (Wildman–Crippen MR) is 175 cm³/mol. The first-order valence-corrected chi connectivity index (χ1v) is 16.3. The highest BCUT2D eigenvalue weighted by atomic mass is 32.2. The van der Waals surface area contributed by atoms with Crippen LogP contribution in [0.25, 0.3) is 0 Å². The van der Waals surface area contributed by atoms with Crippen molar-refractivity contribution in [1.29, 1.82) is 0 Å². The third-order valence-corrected chi connectivity index (χ3v) is 7.91. The zero-order valence-corrected chi connectivity index (χ0v) is 28.0. The van der Waals surface area contributed by atoms with Crippen LogP contribution in [0.15, 0.2) is 42.5 Å². The normalized spacial score (nSPS) is 13.7. The quantitative estimate of drug-likeness (QED) is 0.248. The van der Waals surface area contributed by atoms with Crippen molar-refractivity contribution in [2.24, 2.45) is 5.92 Å². The van der Waals surface area contributed by atoms with Gasteiger partial charge in [-0.3, -0.25) is 9.59 Å². The fourth-order valence-electron chi connectivity index (χ4n) is 4.72. The average molecular weight is 598 g/mol. The van der Waals surface area contributed by atoms with Crippen LogP contribution >= 0.6 is 11.8 Å². The first-order chi connectivity index (χ1) is 19.6. The summed E-state index contributed by atoms with van der Waals surface area (Å²) in [6.07, 6.45) is 3.32. The number of para-hydroxylation sites is 1. The number of alkyl carbamates (subject to hydrolysis) is 1. The van der Waals surface area contributed by atoms with Crippen LogP contribution in [0, 0.1) is 26.7 Å². The smallest absolute Gasteiger partial charge is 0.408 e. The number of carbonyl (C=O) groups excluding carboxylic acids is 3. The lowest BCUT2D eigenvalue weighted by atomic mass is 9.95. The molecule has 0 fully saturated rings. The molecule has 0 radical (unpaired) electrons. The van der Waals surface area contributed by atoms with Gasteiger partial charge in [0.1, 0.15) is 17.7 Å². The molecule has 2 N–H and O–H groups in total. The third kappa shape index (κ3) is 10.7. The van der Waals surface area contributed by atoms with Gasteiger partial charge in [-0.1, -0.05) is 50.2 Å². The van der Waals surface area contributed by atoms with E-state index in [0.29, 0.717) is 30.2 Å². The first kappa shape index (κ1) is 35.2. The maximum absolute atomic E-state index is 14.6. The van der Waals surface area contributed by atoms with E-state index < -0.39 is 23.8 Å². The minimum Gasteiger partial charge on any atom is -0.444 e. The summed E-state index contributed by atoms with van der Waals surface area (Å²) in [5.41, 5.74) is 3.79. The van der Waals surface area contributed by atoms with Gasteiger partial charge >= 0.3 is 6.09 Å². The van der Waals surface area contributed by atoms with Gasteiger partial charge in [0.2, 0.25) is 5.91 Å². The topological polar surface area (TPSA) is 87.7 Å². The van der Waals surface area contributed by atoms with E-state index in [4.69, 9.17) is 4.74 Å². The Hall–Kier alpha value is -3.00. The van der Waals surface area contributed by atoms with Crippen LogP contribution in [0.5, 0.6) is 0 Å². The van der Waals surface area contributed by atoms with Gasteiger partial charge in [-0.2, -0.15) is 11.8 Å². The molecule has 2 rings (SSSR count). The Morgan fingerprint density at radius 2 is 1.57 bits per heavy atom. The molecule has 0 saturated carbocycles. The van der Waals surface area contributed by atoms with Gasteiger partial charge in [0, 0.05) is 11.7 Å². The van der Waals surface area contributed by atoms with E-state index >= 15 is 0 Å². The second kappa shape index (κ2) is 16.0. The van der Waals surface area contributed by atoms with E-state index in [1.165, 1.54) is 0 Å². The number of thioether (sulfide) groups is 1. The lowest BCUT2D eigenvalue weighted by molar-refractivity contribution is -0.143. The van der Waals surface area contributed by atoms with E-state index in [9.17, 15) is 14.4 Å². The first-order valence-electron chi connectivity index (χ1n) is 14.9. The van der Waals surface area contributed by atoms with Crippen molar-refractivity contribution in [3.8, 4) is 0 Å². The van der Waals surface area contributed by atoms with Crippen molar-refractivity contribution in [3.05, 3.63) is 64.7 Å². The van der Waals surface area contributed by atoms with Gasteiger partial charge < -0.3 is 20.3 Å². The molecule has 0 spiro atoms. The number of nitrogens with zero attached hydrogens (tertiary/aromatic N) is 1. The van der Waals surface area contributed by atoms with Gasteiger partial charge in [-0.15, -0.1) is 0 Å². The molecular weight excluding hydrogens is 546 g/mol. The number of anilines is 1. The van der Waals surface area contributed by atoms with Crippen LogP contribution in [-0.4, -0.2) is 52.5 Å². The number of hydrogen-bond acceptors (Lipinski definition) is 5. The van der Waals surface area contributed by atoms with E-state index in [2.05, 4.69) is 24.5 Å². The molecule has 0 heterocycles. The molecule has 0 aromatic heterocycles. The second-order valence-electron chi connectivity index (χ2n) is 12.6. The van der Waals surface area contributed by atoms with Crippen molar-refractivity contribution in [3.63, 3.8) is 0 Å². The molecule has 2 aromatic rings. The molecular formula is C34H51N3O4S. The largest absolute Gasteiger partial charge is 0.444 e. The molecule has 0 aliphatic rings. The average Bonchev–Trinajstić information content (AvgIpc) is 2.89. The van der Waals surface area contributed by atoms with E-state index in [0.717, 1.165) is 28.7 Å². The summed E-state index contributed by atoms with van der Waals surface area (Å²) < 4.78 is 5.52. The fourth-order valence-corrected chi connectivity index (χ4v) is 5.19. The lowest BCUT2D eigenvalue weighted by Crippen LogP contribution is -2.55.